The Morgan fingerprint density at radius 2 is 2.23 bits per heavy atom. The van der Waals surface area contributed by atoms with Gasteiger partial charge in [0.1, 0.15) is 0 Å². The molecule has 1 N–H and O–H groups in total. The molecule has 0 aromatic carbocycles. The van der Waals surface area contributed by atoms with E-state index in [0.29, 0.717) is 35.2 Å². The summed E-state index contributed by atoms with van der Waals surface area (Å²) in [6, 6.07) is 7.07. The fraction of sp³-hybridized carbons (Fsp3) is 0.176. The summed E-state index contributed by atoms with van der Waals surface area (Å²) < 4.78 is 7.04. The van der Waals surface area contributed by atoms with Crippen LogP contribution in [0.15, 0.2) is 47.4 Å². The molecule has 0 bridgehead atoms. The number of pyridine rings is 2. The van der Waals surface area contributed by atoms with Crippen molar-refractivity contribution in [2.24, 2.45) is 0 Å². The molecule has 4 rings (SSSR count). The molecule has 0 aliphatic heterocycles. The van der Waals surface area contributed by atoms with Crippen molar-refractivity contribution in [1.82, 2.24) is 35.0 Å². The van der Waals surface area contributed by atoms with Crippen LogP contribution in [0.1, 0.15) is 28.9 Å². The number of aryl methyl sites for hydroxylation is 1. The summed E-state index contributed by atoms with van der Waals surface area (Å²) in [5, 5.41) is 15.0. The lowest BCUT2D eigenvalue weighted by atomic mass is 10.2. The molecule has 0 saturated heterocycles. The molecular weight excluding hydrogens is 334 g/mol. The fourth-order valence-corrected chi connectivity index (χ4v) is 2.47. The molecule has 4 heterocycles. The average Bonchev–Trinajstić information content (AvgIpc) is 3.33. The SMILES string of the molecule is CCc1noc(-c2ccn3c(CNC(=O)c4cccnc4)nnc3c2)n1. The Morgan fingerprint density at radius 1 is 1.31 bits per heavy atom. The van der Waals surface area contributed by atoms with Crippen molar-refractivity contribution in [2.45, 2.75) is 19.9 Å². The summed E-state index contributed by atoms with van der Waals surface area (Å²) in [5.74, 6) is 1.49. The Balaban J connectivity index is 1.53. The van der Waals surface area contributed by atoms with Crippen LogP contribution in [0.3, 0.4) is 0 Å². The third-order valence-corrected chi connectivity index (χ3v) is 3.84. The molecule has 9 nitrogen and oxygen atoms in total. The van der Waals surface area contributed by atoms with Gasteiger partial charge in [0.2, 0.25) is 0 Å². The molecule has 4 aromatic rings. The predicted molar refractivity (Wildman–Crippen MR) is 91.1 cm³/mol. The van der Waals surface area contributed by atoms with E-state index in [1.54, 1.807) is 22.7 Å². The maximum Gasteiger partial charge on any atom is 0.258 e. The first-order chi connectivity index (χ1) is 12.7. The lowest BCUT2D eigenvalue weighted by Crippen LogP contribution is -2.24. The van der Waals surface area contributed by atoms with E-state index in [0.717, 1.165) is 5.56 Å². The Hall–Kier alpha value is -3.62. The molecule has 0 saturated carbocycles. The van der Waals surface area contributed by atoms with E-state index >= 15 is 0 Å². The maximum atomic E-state index is 12.1. The van der Waals surface area contributed by atoms with E-state index in [1.165, 1.54) is 6.20 Å². The number of carbonyl (C=O) groups excluding carboxylic acids is 1. The van der Waals surface area contributed by atoms with Crippen molar-refractivity contribution in [2.75, 3.05) is 0 Å². The first-order valence-corrected chi connectivity index (χ1v) is 8.09. The summed E-state index contributed by atoms with van der Waals surface area (Å²) in [6.07, 6.45) is 5.65. The number of amides is 1. The van der Waals surface area contributed by atoms with Gasteiger partial charge in [-0.2, -0.15) is 4.98 Å². The Bertz CT molecular complexity index is 1060. The van der Waals surface area contributed by atoms with Crippen LogP contribution in [0.25, 0.3) is 17.1 Å². The molecule has 4 aromatic heterocycles. The van der Waals surface area contributed by atoms with Crippen LogP contribution in [-0.4, -0.2) is 35.6 Å². The maximum absolute atomic E-state index is 12.1. The zero-order valence-corrected chi connectivity index (χ0v) is 14.0. The van der Waals surface area contributed by atoms with Crippen LogP contribution in [0.5, 0.6) is 0 Å². The van der Waals surface area contributed by atoms with E-state index < -0.39 is 0 Å². The summed E-state index contributed by atoms with van der Waals surface area (Å²) in [6.45, 7) is 2.21. The highest BCUT2D eigenvalue weighted by Crippen LogP contribution is 2.19. The van der Waals surface area contributed by atoms with E-state index in [1.807, 2.05) is 25.3 Å². The van der Waals surface area contributed by atoms with E-state index in [9.17, 15) is 4.79 Å². The normalized spacial score (nSPS) is 11.0. The van der Waals surface area contributed by atoms with Gasteiger partial charge in [0.25, 0.3) is 11.8 Å². The van der Waals surface area contributed by atoms with Crippen molar-refractivity contribution in [3.8, 4) is 11.5 Å². The minimum absolute atomic E-state index is 0.218. The minimum Gasteiger partial charge on any atom is -0.345 e. The summed E-state index contributed by atoms with van der Waals surface area (Å²) in [7, 11) is 0. The molecule has 0 spiro atoms. The van der Waals surface area contributed by atoms with Gasteiger partial charge in [-0.15, -0.1) is 10.2 Å². The number of hydrogen-bond acceptors (Lipinski definition) is 7. The van der Waals surface area contributed by atoms with Crippen molar-refractivity contribution < 1.29 is 9.32 Å². The zero-order valence-electron chi connectivity index (χ0n) is 14.0. The van der Waals surface area contributed by atoms with Gasteiger partial charge in [-0.1, -0.05) is 12.1 Å². The fourth-order valence-electron chi connectivity index (χ4n) is 2.47. The summed E-state index contributed by atoms with van der Waals surface area (Å²) >= 11 is 0. The van der Waals surface area contributed by atoms with Gasteiger partial charge in [0.15, 0.2) is 17.3 Å². The second-order valence-corrected chi connectivity index (χ2v) is 5.55. The Labute approximate surface area is 148 Å². The average molecular weight is 349 g/mol. The van der Waals surface area contributed by atoms with Crippen LogP contribution in [-0.2, 0) is 13.0 Å². The standard InChI is InChI=1S/C17H15N7O2/c1-2-13-20-17(26-23-13)11-5-7-24-14(8-11)21-22-15(24)10-19-16(25)12-4-3-6-18-9-12/h3-9H,2,10H2,1H3,(H,19,25). The number of aromatic nitrogens is 6. The topological polar surface area (TPSA) is 111 Å². The molecule has 0 fully saturated rings. The number of nitrogens with zero attached hydrogens (tertiary/aromatic N) is 6. The van der Waals surface area contributed by atoms with E-state index in [-0.39, 0.29) is 12.5 Å². The molecule has 0 aliphatic rings. The molecule has 26 heavy (non-hydrogen) atoms. The van der Waals surface area contributed by atoms with Crippen LogP contribution in [0.2, 0.25) is 0 Å². The largest absolute Gasteiger partial charge is 0.345 e. The first kappa shape index (κ1) is 15.9. The predicted octanol–water partition coefficient (Wildman–Crippen LogP) is 1.67. The number of hydrogen-bond donors (Lipinski definition) is 1. The summed E-state index contributed by atoms with van der Waals surface area (Å²) in [4.78, 5) is 20.4. The van der Waals surface area contributed by atoms with Gasteiger partial charge in [0, 0.05) is 30.6 Å². The van der Waals surface area contributed by atoms with Crippen LogP contribution in [0.4, 0.5) is 0 Å². The number of rotatable bonds is 5. The van der Waals surface area contributed by atoms with Crippen LogP contribution < -0.4 is 5.32 Å². The molecule has 130 valence electrons. The molecule has 0 radical (unpaired) electrons. The number of nitrogens with one attached hydrogen (secondary N) is 1. The zero-order chi connectivity index (χ0) is 17.9. The molecule has 0 unspecified atom stereocenters. The highest BCUT2D eigenvalue weighted by atomic mass is 16.5. The monoisotopic (exact) mass is 349 g/mol. The van der Waals surface area contributed by atoms with Gasteiger partial charge < -0.3 is 9.84 Å². The van der Waals surface area contributed by atoms with Gasteiger partial charge in [-0.25, -0.2) is 0 Å². The summed E-state index contributed by atoms with van der Waals surface area (Å²) in [5.41, 5.74) is 1.89. The Kier molecular flexibility index (Phi) is 4.10. The molecule has 0 atom stereocenters. The molecular formula is C17H15N7O2. The third-order valence-electron chi connectivity index (χ3n) is 3.84. The lowest BCUT2D eigenvalue weighted by molar-refractivity contribution is 0.0949. The Morgan fingerprint density at radius 3 is 3.00 bits per heavy atom. The van der Waals surface area contributed by atoms with Crippen molar-refractivity contribution in [3.05, 3.63) is 60.1 Å². The quantitative estimate of drug-likeness (QED) is 0.583. The molecule has 1 amide bonds. The first-order valence-electron chi connectivity index (χ1n) is 8.09. The van der Waals surface area contributed by atoms with Gasteiger partial charge in [-0.3, -0.25) is 14.2 Å². The van der Waals surface area contributed by atoms with Gasteiger partial charge in [0.05, 0.1) is 12.1 Å². The van der Waals surface area contributed by atoms with Crippen molar-refractivity contribution in [1.29, 1.82) is 0 Å². The minimum atomic E-state index is -0.218. The number of fused-ring (bicyclic) bond motifs is 1. The van der Waals surface area contributed by atoms with Crippen LogP contribution >= 0.6 is 0 Å². The third kappa shape index (κ3) is 3.02. The number of carbonyl (C=O) groups is 1. The lowest BCUT2D eigenvalue weighted by Gasteiger charge is -2.04. The smallest absolute Gasteiger partial charge is 0.258 e. The highest BCUT2D eigenvalue weighted by Gasteiger charge is 2.12. The van der Waals surface area contributed by atoms with Crippen molar-refractivity contribution in [3.63, 3.8) is 0 Å². The molecule has 0 aliphatic carbocycles. The van der Waals surface area contributed by atoms with Gasteiger partial charge >= 0.3 is 0 Å². The van der Waals surface area contributed by atoms with Crippen LogP contribution in [0, 0.1) is 0 Å². The van der Waals surface area contributed by atoms with Gasteiger partial charge in [-0.05, 0) is 24.3 Å². The van der Waals surface area contributed by atoms with Crippen molar-refractivity contribution >= 4 is 11.6 Å². The second-order valence-electron chi connectivity index (χ2n) is 5.55. The second kappa shape index (κ2) is 6.71. The highest BCUT2D eigenvalue weighted by molar-refractivity contribution is 5.93. The van der Waals surface area contributed by atoms with E-state index in [2.05, 4.69) is 30.6 Å². The van der Waals surface area contributed by atoms with E-state index in [4.69, 9.17) is 4.52 Å². The molecule has 9 heteroatoms.